The molecule has 0 radical (unpaired) electrons. The monoisotopic (exact) mass is 278 g/mol. The van der Waals surface area contributed by atoms with Gasteiger partial charge >= 0.3 is 0 Å². The van der Waals surface area contributed by atoms with Gasteiger partial charge in [-0.25, -0.2) is 0 Å². The van der Waals surface area contributed by atoms with Crippen molar-refractivity contribution in [2.24, 2.45) is 5.73 Å². The number of carbonyl (C=O) groups excluding carboxylic acids is 1. The van der Waals surface area contributed by atoms with Gasteiger partial charge in [-0.1, -0.05) is 12.8 Å². The molecule has 0 aliphatic heterocycles. The van der Waals surface area contributed by atoms with E-state index >= 15 is 0 Å². The average molecular weight is 278 g/mol. The Morgan fingerprint density at radius 2 is 2.00 bits per heavy atom. The lowest BCUT2D eigenvalue weighted by molar-refractivity contribution is 0.0907. The number of aryl methyl sites for hydroxylation is 2. The number of carbonyl (C=O) groups is 1. The van der Waals surface area contributed by atoms with Gasteiger partial charge in [0, 0.05) is 11.4 Å². The zero-order valence-electron chi connectivity index (χ0n) is 11.3. The standard InChI is InChI=1S/C15H22N2OS/c16-10-15(7-3-4-8-15)17-14(18)13-9-11-5-1-2-6-12(11)19-13/h9H,1-8,10,16H2,(H,17,18). The number of nitrogens with two attached hydrogens (primary N) is 1. The highest BCUT2D eigenvalue weighted by Crippen LogP contribution is 2.32. The van der Waals surface area contributed by atoms with Gasteiger partial charge in [-0.2, -0.15) is 0 Å². The third-order valence-corrected chi connectivity index (χ3v) is 5.79. The van der Waals surface area contributed by atoms with E-state index in [2.05, 4.69) is 11.4 Å². The average Bonchev–Trinajstić information content (AvgIpc) is 3.05. The van der Waals surface area contributed by atoms with Crippen LogP contribution >= 0.6 is 11.3 Å². The van der Waals surface area contributed by atoms with Crippen LogP contribution in [0.1, 0.15) is 58.6 Å². The minimum atomic E-state index is -0.137. The maximum Gasteiger partial charge on any atom is 0.261 e. The lowest BCUT2D eigenvalue weighted by atomic mass is 9.97. The molecule has 1 fully saturated rings. The first-order valence-electron chi connectivity index (χ1n) is 7.37. The summed E-state index contributed by atoms with van der Waals surface area (Å²) in [4.78, 5) is 14.7. The molecule has 0 unspecified atom stereocenters. The van der Waals surface area contributed by atoms with Crippen LogP contribution in [0.4, 0.5) is 0 Å². The molecule has 2 aliphatic rings. The van der Waals surface area contributed by atoms with E-state index in [0.717, 1.165) is 30.6 Å². The van der Waals surface area contributed by atoms with Gasteiger partial charge in [0.2, 0.25) is 0 Å². The van der Waals surface area contributed by atoms with Gasteiger partial charge in [0.15, 0.2) is 0 Å². The highest BCUT2D eigenvalue weighted by Gasteiger charge is 2.34. The number of hydrogen-bond acceptors (Lipinski definition) is 3. The van der Waals surface area contributed by atoms with E-state index in [1.165, 1.54) is 36.1 Å². The molecule has 1 aromatic rings. The number of hydrogen-bond donors (Lipinski definition) is 2. The molecule has 1 aromatic heterocycles. The van der Waals surface area contributed by atoms with Crippen molar-refractivity contribution in [1.82, 2.24) is 5.32 Å². The molecular weight excluding hydrogens is 256 g/mol. The van der Waals surface area contributed by atoms with E-state index in [1.807, 2.05) is 0 Å². The van der Waals surface area contributed by atoms with Gasteiger partial charge in [-0.15, -0.1) is 11.3 Å². The molecular formula is C15H22N2OS. The molecule has 0 bridgehead atoms. The second-order valence-corrected chi connectivity index (χ2v) is 7.05. The Kier molecular flexibility index (Phi) is 3.63. The van der Waals surface area contributed by atoms with Gasteiger partial charge in [-0.05, 0) is 50.2 Å². The molecule has 3 rings (SSSR count). The minimum absolute atomic E-state index is 0.0896. The molecule has 4 heteroatoms. The van der Waals surface area contributed by atoms with Crippen molar-refractivity contribution in [2.45, 2.75) is 56.9 Å². The zero-order valence-corrected chi connectivity index (χ0v) is 12.2. The summed E-state index contributed by atoms with van der Waals surface area (Å²) < 4.78 is 0. The fourth-order valence-electron chi connectivity index (χ4n) is 3.34. The summed E-state index contributed by atoms with van der Waals surface area (Å²) in [6.07, 6.45) is 9.23. The molecule has 19 heavy (non-hydrogen) atoms. The predicted octanol–water partition coefficient (Wildman–Crippen LogP) is 2.63. The maximum atomic E-state index is 12.4. The van der Waals surface area contributed by atoms with Crippen molar-refractivity contribution in [3.8, 4) is 0 Å². The SMILES string of the molecule is NCC1(NC(=O)c2cc3c(s2)CCCC3)CCCC1. The quantitative estimate of drug-likeness (QED) is 0.893. The van der Waals surface area contributed by atoms with Gasteiger partial charge in [-0.3, -0.25) is 4.79 Å². The Morgan fingerprint density at radius 3 is 2.68 bits per heavy atom. The zero-order chi connectivity index (χ0) is 13.3. The molecule has 1 heterocycles. The molecule has 3 N–H and O–H groups in total. The highest BCUT2D eigenvalue weighted by atomic mass is 32.1. The molecule has 0 spiro atoms. The van der Waals surface area contributed by atoms with E-state index < -0.39 is 0 Å². The largest absolute Gasteiger partial charge is 0.345 e. The van der Waals surface area contributed by atoms with E-state index in [4.69, 9.17) is 5.73 Å². The summed E-state index contributed by atoms with van der Waals surface area (Å²) in [5.74, 6) is 0.0896. The van der Waals surface area contributed by atoms with Crippen LogP contribution in [-0.2, 0) is 12.8 Å². The fraction of sp³-hybridized carbons (Fsp3) is 0.667. The van der Waals surface area contributed by atoms with Crippen molar-refractivity contribution in [2.75, 3.05) is 6.54 Å². The number of amides is 1. The topological polar surface area (TPSA) is 55.1 Å². The molecule has 0 saturated heterocycles. The lowest BCUT2D eigenvalue weighted by Crippen LogP contribution is -2.51. The second-order valence-electron chi connectivity index (χ2n) is 5.91. The molecule has 1 saturated carbocycles. The van der Waals surface area contributed by atoms with E-state index in [9.17, 15) is 4.79 Å². The van der Waals surface area contributed by atoms with Crippen LogP contribution in [0.15, 0.2) is 6.07 Å². The van der Waals surface area contributed by atoms with Crippen molar-refractivity contribution in [3.05, 3.63) is 21.4 Å². The first-order valence-corrected chi connectivity index (χ1v) is 8.18. The molecule has 0 atom stereocenters. The number of nitrogens with one attached hydrogen (secondary N) is 1. The van der Waals surface area contributed by atoms with Crippen LogP contribution in [0.5, 0.6) is 0 Å². The maximum absolute atomic E-state index is 12.4. The third kappa shape index (κ3) is 2.56. The first-order chi connectivity index (χ1) is 9.22. The van der Waals surface area contributed by atoms with Crippen LogP contribution < -0.4 is 11.1 Å². The molecule has 1 amide bonds. The number of fused-ring (bicyclic) bond motifs is 1. The first kappa shape index (κ1) is 13.1. The number of thiophene rings is 1. The van der Waals surface area contributed by atoms with Gasteiger partial charge in [0.05, 0.1) is 10.4 Å². The van der Waals surface area contributed by atoms with Crippen molar-refractivity contribution in [3.63, 3.8) is 0 Å². The predicted molar refractivity (Wildman–Crippen MR) is 78.7 cm³/mol. The second kappa shape index (κ2) is 5.25. The molecule has 0 aromatic carbocycles. The van der Waals surface area contributed by atoms with Crippen molar-refractivity contribution < 1.29 is 4.79 Å². The summed E-state index contributed by atoms with van der Waals surface area (Å²) in [5.41, 5.74) is 7.14. The molecule has 2 aliphatic carbocycles. The Labute approximate surface area is 118 Å². The summed E-state index contributed by atoms with van der Waals surface area (Å²) >= 11 is 1.68. The Morgan fingerprint density at radius 1 is 1.26 bits per heavy atom. The minimum Gasteiger partial charge on any atom is -0.345 e. The number of rotatable bonds is 3. The highest BCUT2D eigenvalue weighted by molar-refractivity contribution is 7.14. The lowest BCUT2D eigenvalue weighted by Gasteiger charge is -2.28. The van der Waals surface area contributed by atoms with Gasteiger partial charge < -0.3 is 11.1 Å². The van der Waals surface area contributed by atoms with Crippen LogP contribution in [0.2, 0.25) is 0 Å². The summed E-state index contributed by atoms with van der Waals surface area (Å²) in [5, 5.41) is 3.21. The van der Waals surface area contributed by atoms with Gasteiger partial charge in [0.25, 0.3) is 5.91 Å². The van der Waals surface area contributed by atoms with Crippen LogP contribution in [0, 0.1) is 0 Å². The molecule has 104 valence electrons. The fourth-order valence-corrected chi connectivity index (χ4v) is 4.49. The molecule has 3 nitrogen and oxygen atoms in total. The van der Waals surface area contributed by atoms with E-state index in [0.29, 0.717) is 6.54 Å². The smallest absolute Gasteiger partial charge is 0.261 e. The van der Waals surface area contributed by atoms with Crippen molar-refractivity contribution in [1.29, 1.82) is 0 Å². The summed E-state index contributed by atoms with van der Waals surface area (Å²) in [6, 6.07) is 2.10. The van der Waals surface area contributed by atoms with Crippen LogP contribution in [-0.4, -0.2) is 18.0 Å². The Hall–Kier alpha value is -0.870. The van der Waals surface area contributed by atoms with Crippen molar-refractivity contribution >= 4 is 17.2 Å². The van der Waals surface area contributed by atoms with E-state index in [-0.39, 0.29) is 11.4 Å². The Balaban J connectivity index is 1.74. The Bertz CT molecular complexity index is 451. The van der Waals surface area contributed by atoms with Crippen LogP contribution in [0.3, 0.4) is 0 Å². The van der Waals surface area contributed by atoms with Gasteiger partial charge in [0.1, 0.15) is 0 Å². The summed E-state index contributed by atoms with van der Waals surface area (Å²) in [7, 11) is 0. The summed E-state index contributed by atoms with van der Waals surface area (Å²) in [6.45, 7) is 0.559. The van der Waals surface area contributed by atoms with E-state index in [1.54, 1.807) is 11.3 Å². The normalized spacial score (nSPS) is 21.1. The van der Waals surface area contributed by atoms with Crippen LogP contribution in [0.25, 0.3) is 0 Å². The third-order valence-electron chi connectivity index (χ3n) is 4.55.